The van der Waals surface area contributed by atoms with Crippen LogP contribution < -0.4 is 10.1 Å². The van der Waals surface area contributed by atoms with Crippen molar-refractivity contribution in [3.63, 3.8) is 0 Å². The Labute approximate surface area is 191 Å². The lowest BCUT2D eigenvalue weighted by Gasteiger charge is -2.30. The lowest BCUT2D eigenvalue weighted by Crippen LogP contribution is -2.50. The number of carbonyl (C=O) groups excluding carboxylic acids is 2. The van der Waals surface area contributed by atoms with E-state index >= 15 is 0 Å². The Morgan fingerprint density at radius 3 is 2.42 bits per heavy atom. The number of rotatable bonds is 8. The summed E-state index contributed by atoms with van der Waals surface area (Å²) in [6.07, 6.45) is 4.01. The lowest BCUT2D eigenvalue weighted by molar-refractivity contribution is -0.142. The van der Waals surface area contributed by atoms with Gasteiger partial charge in [-0.1, -0.05) is 54.2 Å². The molecule has 8 heteroatoms. The van der Waals surface area contributed by atoms with Gasteiger partial charge in [0.05, 0.1) is 0 Å². The van der Waals surface area contributed by atoms with E-state index in [1.54, 1.807) is 31.2 Å². The number of hydrogen-bond donors (Lipinski definition) is 1. The molecular formula is C23H25Cl2FN2O3. The van der Waals surface area contributed by atoms with E-state index in [2.05, 4.69) is 5.32 Å². The molecule has 31 heavy (non-hydrogen) atoms. The van der Waals surface area contributed by atoms with Crippen LogP contribution in [0.2, 0.25) is 10.0 Å². The van der Waals surface area contributed by atoms with Crippen LogP contribution in [0.15, 0.2) is 42.5 Å². The molecule has 2 aromatic carbocycles. The summed E-state index contributed by atoms with van der Waals surface area (Å²) in [4.78, 5) is 27.3. The van der Waals surface area contributed by atoms with Crippen molar-refractivity contribution < 1.29 is 18.7 Å². The summed E-state index contributed by atoms with van der Waals surface area (Å²) in [5.41, 5.74) is 0.533. The molecule has 3 rings (SSSR count). The monoisotopic (exact) mass is 466 g/mol. The van der Waals surface area contributed by atoms with Gasteiger partial charge in [0.25, 0.3) is 5.91 Å². The molecule has 2 aromatic rings. The largest absolute Gasteiger partial charge is 0.481 e. The Balaban J connectivity index is 1.77. The standard InChI is InChI=1S/C23H25Cl2FN2O3/c1-15(23(30)27-16-7-2-3-8-16)28(13-17-18(24)9-6-10-19(17)25)22(29)14-31-21-12-5-4-11-20(21)26/h4-6,9-12,15-16H,2-3,7-8,13-14H2,1H3,(H,27,30)/t15-/m1/s1. The zero-order valence-corrected chi connectivity index (χ0v) is 18.8. The van der Waals surface area contributed by atoms with Crippen LogP contribution in [0.1, 0.15) is 38.2 Å². The molecule has 5 nitrogen and oxygen atoms in total. The minimum atomic E-state index is -0.787. The smallest absolute Gasteiger partial charge is 0.261 e. The van der Waals surface area contributed by atoms with Gasteiger partial charge in [-0.15, -0.1) is 0 Å². The van der Waals surface area contributed by atoms with Crippen molar-refractivity contribution in [3.05, 3.63) is 63.9 Å². The Bertz CT molecular complexity index is 915. The summed E-state index contributed by atoms with van der Waals surface area (Å²) in [5, 5.41) is 3.80. The molecule has 0 unspecified atom stereocenters. The van der Waals surface area contributed by atoms with Crippen LogP contribution in [0.5, 0.6) is 5.75 Å². The van der Waals surface area contributed by atoms with Gasteiger partial charge in [-0.25, -0.2) is 4.39 Å². The van der Waals surface area contributed by atoms with Crippen LogP contribution in [0.3, 0.4) is 0 Å². The first kappa shape index (κ1) is 23.4. The summed E-state index contributed by atoms with van der Waals surface area (Å²) >= 11 is 12.6. The molecule has 0 heterocycles. The van der Waals surface area contributed by atoms with Crippen molar-refractivity contribution in [1.82, 2.24) is 10.2 Å². The highest BCUT2D eigenvalue weighted by atomic mass is 35.5. The predicted molar refractivity (Wildman–Crippen MR) is 119 cm³/mol. The minimum Gasteiger partial charge on any atom is -0.481 e. The maximum atomic E-state index is 13.9. The van der Waals surface area contributed by atoms with E-state index in [0.29, 0.717) is 15.6 Å². The van der Waals surface area contributed by atoms with E-state index in [4.69, 9.17) is 27.9 Å². The van der Waals surface area contributed by atoms with E-state index in [-0.39, 0.29) is 24.2 Å². The molecule has 1 aliphatic rings. The van der Waals surface area contributed by atoms with Crippen LogP contribution in [-0.4, -0.2) is 35.4 Å². The first-order valence-corrected chi connectivity index (χ1v) is 11.0. The van der Waals surface area contributed by atoms with Crippen LogP contribution >= 0.6 is 23.2 Å². The fourth-order valence-corrected chi connectivity index (χ4v) is 4.13. The molecule has 2 amide bonds. The number of benzene rings is 2. The summed E-state index contributed by atoms with van der Waals surface area (Å²) in [6.45, 7) is 1.25. The van der Waals surface area contributed by atoms with Crippen LogP contribution in [0.4, 0.5) is 4.39 Å². The molecule has 0 saturated heterocycles. The molecule has 1 fully saturated rings. The Kier molecular flexibility index (Phi) is 8.15. The number of nitrogens with one attached hydrogen (secondary N) is 1. The Hall–Kier alpha value is -2.31. The summed E-state index contributed by atoms with van der Waals surface area (Å²) in [7, 11) is 0. The molecule has 0 bridgehead atoms. The highest BCUT2D eigenvalue weighted by molar-refractivity contribution is 6.36. The van der Waals surface area contributed by atoms with E-state index in [1.165, 1.54) is 23.1 Å². The van der Waals surface area contributed by atoms with Crippen LogP contribution in [-0.2, 0) is 16.1 Å². The van der Waals surface area contributed by atoms with Crippen molar-refractivity contribution in [2.75, 3.05) is 6.61 Å². The summed E-state index contributed by atoms with van der Waals surface area (Å²) < 4.78 is 19.2. The third-order valence-electron chi connectivity index (χ3n) is 5.45. The van der Waals surface area contributed by atoms with Crippen LogP contribution in [0, 0.1) is 5.82 Å². The van der Waals surface area contributed by atoms with Crippen molar-refractivity contribution >= 4 is 35.0 Å². The second kappa shape index (κ2) is 10.8. The van der Waals surface area contributed by atoms with E-state index in [0.717, 1.165) is 25.7 Å². The SMILES string of the molecule is C[C@H](C(=O)NC1CCCC1)N(Cc1c(Cl)cccc1Cl)C(=O)COc1ccccc1F. The van der Waals surface area contributed by atoms with Gasteiger partial charge in [-0.05, 0) is 44.0 Å². The molecule has 0 spiro atoms. The molecular weight excluding hydrogens is 442 g/mol. The summed E-state index contributed by atoms with van der Waals surface area (Å²) in [5.74, 6) is -1.33. The fourth-order valence-electron chi connectivity index (χ4n) is 3.61. The molecule has 0 aromatic heterocycles. The average Bonchev–Trinajstić information content (AvgIpc) is 3.25. The molecule has 1 atom stereocenters. The van der Waals surface area contributed by atoms with Gasteiger partial charge >= 0.3 is 0 Å². The number of carbonyl (C=O) groups is 2. The van der Waals surface area contributed by atoms with E-state index < -0.39 is 24.4 Å². The van der Waals surface area contributed by atoms with Gasteiger partial charge in [0.2, 0.25) is 5.91 Å². The quantitative estimate of drug-likeness (QED) is 0.596. The van der Waals surface area contributed by atoms with Crippen LogP contribution in [0.25, 0.3) is 0 Å². The topological polar surface area (TPSA) is 58.6 Å². The van der Waals surface area contributed by atoms with Gasteiger partial charge in [0, 0.05) is 28.2 Å². The maximum absolute atomic E-state index is 13.9. The van der Waals surface area contributed by atoms with E-state index in [9.17, 15) is 14.0 Å². The first-order chi connectivity index (χ1) is 14.9. The molecule has 0 aliphatic heterocycles. The van der Waals surface area contributed by atoms with Crippen molar-refractivity contribution in [1.29, 1.82) is 0 Å². The van der Waals surface area contributed by atoms with Gasteiger partial charge in [0.15, 0.2) is 18.2 Å². The zero-order valence-electron chi connectivity index (χ0n) is 17.2. The van der Waals surface area contributed by atoms with Gasteiger partial charge in [0.1, 0.15) is 6.04 Å². The third kappa shape index (κ3) is 6.11. The normalized spacial score (nSPS) is 14.8. The number of hydrogen-bond acceptors (Lipinski definition) is 3. The molecule has 1 N–H and O–H groups in total. The molecule has 0 radical (unpaired) electrons. The number of halogens is 3. The number of ether oxygens (including phenoxy) is 1. The molecule has 1 aliphatic carbocycles. The highest BCUT2D eigenvalue weighted by Gasteiger charge is 2.29. The van der Waals surface area contributed by atoms with Crippen molar-refractivity contribution in [2.24, 2.45) is 0 Å². The number of amides is 2. The average molecular weight is 467 g/mol. The van der Waals surface area contributed by atoms with Gasteiger partial charge in [-0.3, -0.25) is 9.59 Å². The van der Waals surface area contributed by atoms with Gasteiger partial charge < -0.3 is 15.0 Å². The predicted octanol–water partition coefficient (Wildman–Crippen LogP) is 4.99. The van der Waals surface area contributed by atoms with Crippen molar-refractivity contribution in [2.45, 2.75) is 51.2 Å². The number of nitrogens with zero attached hydrogens (tertiary/aromatic N) is 1. The first-order valence-electron chi connectivity index (χ1n) is 10.3. The Morgan fingerprint density at radius 2 is 1.77 bits per heavy atom. The number of para-hydroxylation sites is 1. The summed E-state index contributed by atoms with van der Waals surface area (Å²) in [6, 6.07) is 10.2. The molecule has 166 valence electrons. The third-order valence-corrected chi connectivity index (χ3v) is 6.16. The van der Waals surface area contributed by atoms with Gasteiger partial charge in [-0.2, -0.15) is 0 Å². The maximum Gasteiger partial charge on any atom is 0.261 e. The second-order valence-electron chi connectivity index (χ2n) is 7.61. The fraction of sp³-hybridized carbons (Fsp3) is 0.391. The molecule has 1 saturated carbocycles. The Morgan fingerprint density at radius 1 is 1.13 bits per heavy atom. The van der Waals surface area contributed by atoms with Crippen molar-refractivity contribution in [3.8, 4) is 5.75 Å². The highest BCUT2D eigenvalue weighted by Crippen LogP contribution is 2.27. The minimum absolute atomic E-state index is 0.0250. The van der Waals surface area contributed by atoms with E-state index in [1.807, 2.05) is 0 Å². The second-order valence-corrected chi connectivity index (χ2v) is 8.42. The zero-order chi connectivity index (χ0) is 22.4. The lowest BCUT2D eigenvalue weighted by atomic mass is 10.1.